The molecule has 0 saturated carbocycles. The zero-order valence-corrected chi connectivity index (χ0v) is 15.1. The topological polar surface area (TPSA) is 160 Å². The number of ether oxygens (including phenoxy) is 2. The van der Waals surface area contributed by atoms with Crippen LogP contribution >= 0.6 is 0 Å². The molecule has 1 amide bonds. The van der Waals surface area contributed by atoms with E-state index >= 15 is 0 Å². The van der Waals surface area contributed by atoms with E-state index in [-0.39, 0.29) is 23.9 Å². The molecular weight excluding hydrogens is 372 g/mol. The summed E-state index contributed by atoms with van der Waals surface area (Å²) in [5.74, 6) is -0.369. The molecule has 150 valence electrons. The van der Waals surface area contributed by atoms with Crippen molar-refractivity contribution in [1.82, 2.24) is 0 Å². The van der Waals surface area contributed by atoms with Crippen LogP contribution in [0.2, 0.25) is 0 Å². The van der Waals surface area contributed by atoms with Gasteiger partial charge in [-0.25, -0.2) is 0 Å². The van der Waals surface area contributed by atoms with Crippen molar-refractivity contribution in [3.63, 3.8) is 0 Å². The minimum atomic E-state index is -0.523. The normalized spacial score (nSPS) is 9.75. The van der Waals surface area contributed by atoms with Crippen molar-refractivity contribution in [2.24, 2.45) is 0 Å². The summed E-state index contributed by atoms with van der Waals surface area (Å²) in [5.41, 5.74) is 6.02. The zero-order chi connectivity index (χ0) is 20.9. The van der Waals surface area contributed by atoms with Gasteiger partial charge in [0.1, 0.15) is 6.61 Å². The lowest BCUT2D eigenvalue weighted by atomic mass is 10.3. The lowest BCUT2D eigenvalue weighted by Gasteiger charge is -2.05. The van der Waals surface area contributed by atoms with Crippen molar-refractivity contribution in [3.05, 3.63) is 68.8 Å². The molecule has 0 unspecified atom stereocenters. The number of amides is 1. The molecule has 3 N–H and O–H groups in total. The van der Waals surface area contributed by atoms with Gasteiger partial charge in [-0.3, -0.25) is 25.0 Å². The van der Waals surface area contributed by atoms with Gasteiger partial charge < -0.3 is 20.5 Å². The van der Waals surface area contributed by atoms with Gasteiger partial charge >= 0.3 is 0 Å². The van der Waals surface area contributed by atoms with Gasteiger partial charge in [-0.2, -0.15) is 0 Å². The molecular formula is C17H20N4O7. The molecule has 0 fully saturated rings. The van der Waals surface area contributed by atoms with Crippen LogP contribution in [0.5, 0.6) is 0 Å². The fourth-order valence-electron chi connectivity index (χ4n) is 1.84. The van der Waals surface area contributed by atoms with Crippen LogP contribution in [-0.2, 0) is 14.3 Å². The summed E-state index contributed by atoms with van der Waals surface area (Å²) < 4.78 is 9.77. The van der Waals surface area contributed by atoms with E-state index in [1.807, 2.05) is 0 Å². The Bertz CT molecular complexity index is 814. The first-order chi connectivity index (χ1) is 13.3. The molecule has 0 aliphatic carbocycles. The molecule has 2 rings (SSSR count). The van der Waals surface area contributed by atoms with Crippen molar-refractivity contribution >= 4 is 28.7 Å². The first kappa shape index (κ1) is 22.5. The van der Waals surface area contributed by atoms with E-state index in [1.54, 1.807) is 18.2 Å². The molecule has 0 radical (unpaired) electrons. The number of carbonyl (C=O) groups is 1. The largest absolute Gasteiger partial charge is 0.399 e. The fraction of sp³-hybridized carbons (Fsp3) is 0.235. The summed E-state index contributed by atoms with van der Waals surface area (Å²) in [6.45, 7) is 0.606. The Morgan fingerprint density at radius 3 is 2.18 bits per heavy atom. The van der Waals surface area contributed by atoms with E-state index < -0.39 is 9.85 Å². The van der Waals surface area contributed by atoms with Crippen molar-refractivity contribution in [3.8, 4) is 0 Å². The number of nitro benzene ring substituents is 2. The third-order valence-electron chi connectivity index (χ3n) is 3.09. The van der Waals surface area contributed by atoms with Crippen LogP contribution in [-0.4, -0.2) is 42.7 Å². The number of non-ortho nitro benzene ring substituents is 2. The van der Waals surface area contributed by atoms with E-state index in [2.05, 4.69) is 5.32 Å². The van der Waals surface area contributed by atoms with Crippen molar-refractivity contribution < 1.29 is 24.1 Å². The third kappa shape index (κ3) is 8.69. The maximum Gasteiger partial charge on any atom is 0.271 e. The number of anilines is 2. The van der Waals surface area contributed by atoms with Gasteiger partial charge in [0.15, 0.2) is 0 Å². The fourth-order valence-corrected chi connectivity index (χ4v) is 1.84. The SMILES string of the molecule is COCCOCC(=O)Nc1cccc([N+](=O)[O-])c1.Nc1cccc([N+](=O)[O-])c1. The highest BCUT2D eigenvalue weighted by Gasteiger charge is 2.08. The number of benzene rings is 2. The molecule has 2 aromatic rings. The maximum atomic E-state index is 11.4. The average molecular weight is 392 g/mol. The molecule has 0 aromatic heterocycles. The molecule has 0 heterocycles. The second-order valence-electron chi connectivity index (χ2n) is 5.25. The van der Waals surface area contributed by atoms with E-state index in [9.17, 15) is 25.0 Å². The molecule has 0 atom stereocenters. The molecule has 2 aromatic carbocycles. The summed E-state index contributed by atoms with van der Waals surface area (Å²) in [7, 11) is 1.53. The van der Waals surface area contributed by atoms with Gasteiger partial charge in [0.05, 0.1) is 23.1 Å². The molecule has 28 heavy (non-hydrogen) atoms. The molecule has 0 spiro atoms. The van der Waals surface area contributed by atoms with Gasteiger partial charge in [-0.1, -0.05) is 12.1 Å². The Balaban J connectivity index is 0.000000330. The number of nitrogens with one attached hydrogen (secondary N) is 1. The second-order valence-corrected chi connectivity index (χ2v) is 5.25. The maximum absolute atomic E-state index is 11.4. The molecule has 0 aliphatic rings. The highest BCUT2D eigenvalue weighted by Crippen LogP contribution is 2.16. The number of nitro groups is 2. The van der Waals surface area contributed by atoms with E-state index in [0.717, 1.165) is 0 Å². The van der Waals surface area contributed by atoms with Crippen molar-refractivity contribution in [2.45, 2.75) is 0 Å². The summed E-state index contributed by atoms with van der Waals surface area (Å²) in [6.07, 6.45) is 0. The van der Waals surface area contributed by atoms with Gasteiger partial charge in [-0.05, 0) is 12.1 Å². The summed E-state index contributed by atoms with van der Waals surface area (Å²) in [5, 5.41) is 23.1. The number of rotatable bonds is 8. The van der Waals surface area contributed by atoms with Gasteiger partial charge in [-0.15, -0.1) is 0 Å². The van der Waals surface area contributed by atoms with E-state index in [4.69, 9.17) is 15.2 Å². The first-order valence-corrected chi connectivity index (χ1v) is 7.94. The Morgan fingerprint density at radius 2 is 1.64 bits per heavy atom. The predicted octanol–water partition coefficient (Wildman–Crippen LogP) is 2.37. The smallest absolute Gasteiger partial charge is 0.271 e. The molecule has 0 bridgehead atoms. The molecule has 0 saturated heterocycles. The van der Waals surface area contributed by atoms with Crippen LogP contribution in [0.3, 0.4) is 0 Å². The number of carbonyl (C=O) groups excluding carboxylic acids is 1. The highest BCUT2D eigenvalue weighted by atomic mass is 16.6. The Hall–Kier alpha value is -3.57. The Labute approximate surface area is 160 Å². The number of nitrogens with two attached hydrogens (primary N) is 1. The predicted molar refractivity (Wildman–Crippen MR) is 102 cm³/mol. The number of hydrogen-bond donors (Lipinski definition) is 2. The van der Waals surface area contributed by atoms with Crippen LogP contribution in [0.1, 0.15) is 0 Å². The first-order valence-electron chi connectivity index (χ1n) is 7.94. The lowest BCUT2D eigenvalue weighted by molar-refractivity contribution is -0.385. The third-order valence-corrected chi connectivity index (χ3v) is 3.09. The highest BCUT2D eigenvalue weighted by molar-refractivity contribution is 5.91. The van der Waals surface area contributed by atoms with E-state index in [1.165, 1.54) is 37.4 Å². The molecule has 11 heteroatoms. The zero-order valence-electron chi connectivity index (χ0n) is 15.1. The minimum Gasteiger partial charge on any atom is -0.399 e. The number of methoxy groups -OCH3 is 1. The monoisotopic (exact) mass is 392 g/mol. The Kier molecular flexibility index (Phi) is 9.58. The van der Waals surface area contributed by atoms with Crippen molar-refractivity contribution in [1.29, 1.82) is 0 Å². The van der Waals surface area contributed by atoms with Crippen LogP contribution in [0.15, 0.2) is 48.5 Å². The average Bonchev–Trinajstić information content (AvgIpc) is 2.66. The van der Waals surface area contributed by atoms with Gasteiger partial charge in [0.25, 0.3) is 11.4 Å². The van der Waals surface area contributed by atoms with Crippen LogP contribution in [0, 0.1) is 20.2 Å². The van der Waals surface area contributed by atoms with E-state index in [0.29, 0.717) is 24.6 Å². The van der Waals surface area contributed by atoms with Crippen LogP contribution in [0.25, 0.3) is 0 Å². The van der Waals surface area contributed by atoms with Gasteiger partial charge in [0.2, 0.25) is 5.91 Å². The van der Waals surface area contributed by atoms with Crippen molar-refractivity contribution in [2.75, 3.05) is 38.0 Å². The van der Waals surface area contributed by atoms with Gasteiger partial charge in [0, 0.05) is 42.8 Å². The minimum absolute atomic E-state index is 0.0278. The summed E-state index contributed by atoms with van der Waals surface area (Å²) in [6, 6.07) is 11.6. The number of hydrogen-bond acceptors (Lipinski definition) is 8. The summed E-state index contributed by atoms with van der Waals surface area (Å²) >= 11 is 0. The molecule has 0 aliphatic heterocycles. The van der Waals surface area contributed by atoms with Crippen LogP contribution < -0.4 is 11.1 Å². The summed E-state index contributed by atoms with van der Waals surface area (Å²) in [4.78, 5) is 31.1. The Morgan fingerprint density at radius 1 is 1.04 bits per heavy atom. The lowest BCUT2D eigenvalue weighted by Crippen LogP contribution is -2.19. The second kappa shape index (κ2) is 11.9. The van der Waals surface area contributed by atoms with Crippen LogP contribution in [0.4, 0.5) is 22.7 Å². The number of nitrogens with zero attached hydrogens (tertiary/aromatic N) is 2. The molecule has 11 nitrogen and oxygen atoms in total. The standard InChI is InChI=1S/C11H14N2O5.C6H6N2O2/c1-17-5-6-18-8-11(14)12-9-3-2-4-10(7-9)13(15)16;7-5-2-1-3-6(4-5)8(9)10/h2-4,7H,5-6,8H2,1H3,(H,12,14);1-4H,7H2. The number of nitrogen functional groups attached to an aromatic ring is 1. The quantitative estimate of drug-likeness (QED) is 0.300.